The van der Waals surface area contributed by atoms with Gasteiger partial charge in [0.1, 0.15) is 0 Å². The van der Waals surface area contributed by atoms with E-state index in [9.17, 15) is 0 Å². The molecule has 2 atom stereocenters. The van der Waals surface area contributed by atoms with Crippen LogP contribution in [0.15, 0.2) is 12.7 Å². The second-order valence-electron chi connectivity index (χ2n) is 3.46. The third-order valence-corrected chi connectivity index (χ3v) is 2.82. The number of epoxide rings is 1. The summed E-state index contributed by atoms with van der Waals surface area (Å²) in [6, 6.07) is 0. The summed E-state index contributed by atoms with van der Waals surface area (Å²) in [7, 11) is 1.71. The van der Waals surface area contributed by atoms with Gasteiger partial charge in [-0.25, -0.2) is 0 Å². The first-order chi connectivity index (χ1) is 5.17. The molecule has 0 aromatic carbocycles. The molecule has 1 aliphatic carbocycles. The van der Waals surface area contributed by atoms with E-state index >= 15 is 0 Å². The van der Waals surface area contributed by atoms with Gasteiger partial charge in [-0.1, -0.05) is 25.0 Å². The molecule has 0 N–H and O–H groups in total. The van der Waals surface area contributed by atoms with Gasteiger partial charge in [0.2, 0.25) is 0 Å². The summed E-state index contributed by atoms with van der Waals surface area (Å²) < 4.78 is 10.8. The molecule has 0 spiro atoms. The molecule has 3 heteroatoms. The summed E-state index contributed by atoms with van der Waals surface area (Å²) in [5.41, 5.74) is -0.251. The summed E-state index contributed by atoms with van der Waals surface area (Å²) in [5.74, 6) is 0. The molecule has 0 amide bonds. The summed E-state index contributed by atoms with van der Waals surface area (Å²) in [6.45, 7) is 5.87. The summed E-state index contributed by atoms with van der Waals surface area (Å²) in [6.07, 6.45) is 4.99. The Balaban J connectivity index is 0.000000720. The van der Waals surface area contributed by atoms with Crippen LogP contribution in [0.25, 0.3) is 0 Å². The van der Waals surface area contributed by atoms with Gasteiger partial charge < -0.3 is 9.47 Å². The zero-order chi connectivity index (χ0) is 8.11. The van der Waals surface area contributed by atoms with Crippen LogP contribution in [0.3, 0.4) is 0 Å². The average molecular weight is 160 g/mol. The normalized spacial score (nSPS) is 44.8. The Morgan fingerprint density at radius 2 is 2.25 bits per heavy atom. The molecule has 1 aliphatic heterocycles. The van der Waals surface area contributed by atoms with E-state index < -0.39 is 0 Å². The van der Waals surface area contributed by atoms with Crippen molar-refractivity contribution in [1.29, 1.82) is 0 Å². The van der Waals surface area contributed by atoms with Crippen LogP contribution < -0.4 is 18.9 Å². The molecule has 1 saturated heterocycles. The fraction of sp³-hybridized carbons (Fsp3) is 0.667. The van der Waals surface area contributed by atoms with E-state index in [4.69, 9.17) is 9.47 Å². The Hall–Kier alpha value is 0.257. The van der Waals surface area contributed by atoms with Gasteiger partial charge in [-0.05, 0) is 12.0 Å². The molecule has 2 aliphatic rings. The standard InChI is InChI=1S/C9H13O2.Li/c1-4-9(10-3)6-5-8(2)7(9)11-8;/h4H,1,5-6H2,2-3H3;/q-1;+1/t8-,9+;/m0./s1. The first-order valence-electron chi connectivity index (χ1n) is 3.92. The van der Waals surface area contributed by atoms with Crippen molar-refractivity contribution in [2.24, 2.45) is 0 Å². The SMILES string of the molecule is C=C[C@@]1(OC)CC[C@]2(C)O[C-]12.[Li+]. The van der Waals surface area contributed by atoms with Gasteiger partial charge in [0, 0.05) is 7.11 Å². The maximum absolute atomic E-state index is 5.46. The maximum atomic E-state index is 5.46. The molecular formula is C9H13LiO2. The molecule has 2 rings (SSSR count). The minimum Gasteiger partial charge on any atom is -0.561 e. The molecule has 2 nitrogen and oxygen atoms in total. The summed E-state index contributed by atoms with van der Waals surface area (Å²) >= 11 is 0. The van der Waals surface area contributed by atoms with E-state index in [1.807, 2.05) is 6.08 Å². The number of methoxy groups -OCH3 is 1. The molecule has 2 fully saturated rings. The van der Waals surface area contributed by atoms with Crippen molar-refractivity contribution in [2.45, 2.75) is 31.0 Å². The molecule has 0 radical (unpaired) electrons. The molecule has 1 heterocycles. The van der Waals surface area contributed by atoms with E-state index in [1.165, 1.54) is 0 Å². The first-order valence-corrected chi connectivity index (χ1v) is 3.92. The topological polar surface area (TPSA) is 21.8 Å². The Labute approximate surface area is 85.5 Å². The Bertz CT molecular complexity index is 207. The first kappa shape index (κ1) is 10.3. The van der Waals surface area contributed by atoms with Crippen molar-refractivity contribution < 1.29 is 28.3 Å². The van der Waals surface area contributed by atoms with Crippen molar-refractivity contribution in [3.8, 4) is 0 Å². The Morgan fingerprint density at radius 3 is 2.42 bits per heavy atom. The van der Waals surface area contributed by atoms with E-state index in [-0.39, 0.29) is 30.1 Å². The zero-order valence-electron chi connectivity index (χ0n) is 8.02. The van der Waals surface area contributed by atoms with Crippen LogP contribution in [0.5, 0.6) is 0 Å². The van der Waals surface area contributed by atoms with Crippen LogP contribution in [0.1, 0.15) is 19.8 Å². The average Bonchev–Trinajstić information content (AvgIpc) is 2.61. The van der Waals surface area contributed by atoms with Crippen LogP contribution >= 0.6 is 0 Å². The zero-order valence-corrected chi connectivity index (χ0v) is 8.02. The molecule has 0 aromatic heterocycles. The molecule has 0 aromatic rings. The largest absolute Gasteiger partial charge is 1.00 e. The van der Waals surface area contributed by atoms with Gasteiger partial charge in [-0.2, -0.15) is 0 Å². The van der Waals surface area contributed by atoms with Crippen LogP contribution in [-0.4, -0.2) is 18.3 Å². The third kappa shape index (κ3) is 1.10. The second kappa shape index (κ2) is 2.89. The molecule has 12 heavy (non-hydrogen) atoms. The number of fused-ring (bicyclic) bond motifs is 1. The fourth-order valence-electron chi connectivity index (χ4n) is 1.91. The Kier molecular flexibility index (Phi) is 2.49. The van der Waals surface area contributed by atoms with E-state index in [1.54, 1.807) is 7.11 Å². The number of rotatable bonds is 2. The van der Waals surface area contributed by atoms with Crippen LogP contribution in [0, 0.1) is 6.10 Å². The predicted molar refractivity (Wildman–Crippen MR) is 41.9 cm³/mol. The minimum atomic E-state index is -0.269. The molecular weight excluding hydrogens is 147 g/mol. The Morgan fingerprint density at radius 1 is 1.58 bits per heavy atom. The van der Waals surface area contributed by atoms with Crippen LogP contribution in [-0.2, 0) is 9.47 Å². The molecule has 62 valence electrons. The monoisotopic (exact) mass is 160 g/mol. The van der Waals surface area contributed by atoms with Crippen molar-refractivity contribution in [1.82, 2.24) is 0 Å². The number of ether oxygens (including phenoxy) is 2. The van der Waals surface area contributed by atoms with Gasteiger partial charge >= 0.3 is 18.9 Å². The van der Waals surface area contributed by atoms with E-state index in [0.717, 1.165) is 18.9 Å². The maximum Gasteiger partial charge on any atom is 1.00 e. The van der Waals surface area contributed by atoms with Crippen molar-refractivity contribution in [3.63, 3.8) is 0 Å². The van der Waals surface area contributed by atoms with Crippen molar-refractivity contribution in [3.05, 3.63) is 18.8 Å². The number of hydrogen-bond donors (Lipinski definition) is 0. The van der Waals surface area contributed by atoms with E-state index in [2.05, 4.69) is 13.5 Å². The predicted octanol–water partition coefficient (Wildman–Crippen LogP) is -1.32. The quantitative estimate of drug-likeness (QED) is 0.216. The summed E-state index contributed by atoms with van der Waals surface area (Å²) in [4.78, 5) is 0. The van der Waals surface area contributed by atoms with Gasteiger partial charge in [-0.15, -0.1) is 12.7 Å². The van der Waals surface area contributed by atoms with Crippen LogP contribution in [0.4, 0.5) is 0 Å². The van der Waals surface area contributed by atoms with Crippen molar-refractivity contribution >= 4 is 0 Å². The van der Waals surface area contributed by atoms with Gasteiger partial charge in [0.15, 0.2) is 0 Å². The molecule has 0 unspecified atom stereocenters. The van der Waals surface area contributed by atoms with Gasteiger partial charge in [0.05, 0.1) is 0 Å². The van der Waals surface area contributed by atoms with E-state index in [0.29, 0.717) is 0 Å². The smallest absolute Gasteiger partial charge is 0.561 e. The minimum absolute atomic E-state index is 0. The molecule has 1 saturated carbocycles. The van der Waals surface area contributed by atoms with Gasteiger partial charge in [0.25, 0.3) is 0 Å². The van der Waals surface area contributed by atoms with Crippen molar-refractivity contribution in [2.75, 3.05) is 7.11 Å². The van der Waals surface area contributed by atoms with Gasteiger partial charge in [-0.3, -0.25) is 0 Å². The fourth-order valence-corrected chi connectivity index (χ4v) is 1.91. The third-order valence-electron chi connectivity index (χ3n) is 2.82. The summed E-state index contributed by atoms with van der Waals surface area (Å²) in [5, 5.41) is 0. The molecule has 0 bridgehead atoms. The van der Waals surface area contributed by atoms with Crippen LogP contribution in [0.2, 0.25) is 0 Å². The second-order valence-corrected chi connectivity index (χ2v) is 3.46. The number of hydrogen-bond acceptors (Lipinski definition) is 2.